The molecule has 3 rings (SSSR count). The van der Waals surface area contributed by atoms with Crippen LogP contribution in [0.15, 0.2) is 0 Å². The number of piperidine rings is 1. The van der Waals surface area contributed by atoms with Crippen molar-refractivity contribution in [1.82, 2.24) is 9.80 Å². The van der Waals surface area contributed by atoms with Gasteiger partial charge in [0.05, 0.1) is 11.5 Å². The summed E-state index contributed by atoms with van der Waals surface area (Å²) >= 11 is 1.48. The number of aliphatic carboxylic acids is 1. The average Bonchev–Trinajstić information content (AvgIpc) is 2.95. The smallest absolute Gasteiger partial charge is 0.327 e. The molecule has 7 heteroatoms. The van der Waals surface area contributed by atoms with Crippen molar-refractivity contribution in [2.24, 2.45) is 5.92 Å². The van der Waals surface area contributed by atoms with Gasteiger partial charge in [-0.1, -0.05) is 12.8 Å². The first-order chi connectivity index (χ1) is 10.0. The van der Waals surface area contributed by atoms with Gasteiger partial charge in [-0.25, -0.2) is 9.59 Å². The number of nitrogens with zero attached hydrogens (tertiary/aromatic N) is 2. The van der Waals surface area contributed by atoms with Gasteiger partial charge in [-0.3, -0.25) is 0 Å². The van der Waals surface area contributed by atoms with Gasteiger partial charge < -0.3 is 20.0 Å². The number of carbonyl (C=O) groups excluding carboxylic acids is 1. The second-order valence-corrected chi connectivity index (χ2v) is 7.35. The number of urea groups is 1. The van der Waals surface area contributed by atoms with Crippen LogP contribution in [-0.2, 0) is 4.79 Å². The van der Waals surface area contributed by atoms with Crippen molar-refractivity contribution >= 4 is 23.8 Å². The second-order valence-electron chi connectivity index (χ2n) is 6.35. The van der Waals surface area contributed by atoms with E-state index in [4.69, 9.17) is 0 Å². The quantitative estimate of drug-likeness (QED) is 0.760. The largest absolute Gasteiger partial charge is 0.480 e. The molecule has 1 saturated carbocycles. The number of hydrogen-bond acceptors (Lipinski definition) is 4. The fourth-order valence-electron chi connectivity index (χ4n) is 3.76. The van der Waals surface area contributed by atoms with Crippen molar-refractivity contribution < 1.29 is 19.8 Å². The molecule has 0 spiro atoms. The lowest BCUT2D eigenvalue weighted by Crippen LogP contribution is -2.58. The highest BCUT2D eigenvalue weighted by Crippen LogP contribution is 2.40. The molecule has 3 fully saturated rings. The molecule has 2 heterocycles. The predicted molar refractivity (Wildman–Crippen MR) is 79.1 cm³/mol. The number of aliphatic hydroxyl groups is 1. The second kappa shape index (κ2) is 5.68. The lowest BCUT2D eigenvalue weighted by atomic mass is 9.71. The molecular weight excluding hydrogens is 292 g/mol. The molecule has 6 nitrogen and oxygen atoms in total. The predicted octanol–water partition coefficient (Wildman–Crippen LogP) is 1.19. The Labute approximate surface area is 128 Å². The molecule has 0 aromatic carbocycles. The first-order valence-corrected chi connectivity index (χ1v) is 8.75. The Morgan fingerprint density at radius 2 is 2.05 bits per heavy atom. The van der Waals surface area contributed by atoms with E-state index in [0.717, 1.165) is 25.7 Å². The number of amides is 2. The van der Waals surface area contributed by atoms with Gasteiger partial charge in [0.25, 0.3) is 0 Å². The number of carbonyl (C=O) groups is 2. The minimum atomic E-state index is -0.931. The zero-order chi connectivity index (χ0) is 15.0. The highest BCUT2D eigenvalue weighted by molar-refractivity contribution is 7.99. The summed E-state index contributed by atoms with van der Waals surface area (Å²) in [7, 11) is 0. The number of hydrogen-bond donors (Lipinski definition) is 2. The van der Waals surface area contributed by atoms with Gasteiger partial charge in [0.2, 0.25) is 0 Å². The van der Waals surface area contributed by atoms with Crippen molar-refractivity contribution in [2.75, 3.05) is 24.7 Å². The van der Waals surface area contributed by atoms with Gasteiger partial charge in [0.15, 0.2) is 0 Å². The van der Waals surface area contributed by atoms with Gasteiger partial charge in [-0.05, 0) is 19.3 Å². The average molecular weight is 314 g/mol. The van der Waals surface area contributed by atoms with Crippen LogP contribution in [-0.4, -0.2) is 68.4 Å². The Morgan fingerprint density at radius 1 is 1.24 bits per heavy atom. The minimum Gasteiger partial charge on any atom is -0.480 e. The lowest BCUT2D eigenvalue weighted by molar-refractivity contribution is -0.141. The number of rotatable bonds is 1. The monoisotopic (exact) mass is 314 g/mol. The molecule has 3 atom stereocenters. The van der Waals surface area contributed by atoms with E-state index in [1.165, 1.54) is 16.7 Å². The SMILES string of the molecule is O=C(O)C1CSCN1C(=O)N1CCC2(O)CCCCC2C1. The van der Waals surface area contributed by atoms with Crippen molar-refractivity contribution in [3.8, 4) is 0 Å². The molecule has 2 N–H and O–H groups in total. The Balaban J connectivity index is 1.67. The van der Waals surface area contributed by atoms with Crippen molar-refractivity contribution in [1.29, 1.82) is 0 Å². The molecule has 3 unspecified atom stereocenters. The molecule has 118 valence electrons. The van der Waals surface area contributed by atoms with E-state index in [2.05, 4.69) is 0 Å². The summed E-state index contributed by atoms with van der Waals surface area (Å²) in [5, 5.41) is 19.8. The summed E-state index contributed by atoms with van der Waals surface area (Å²) in [6, 6.07) is -0.894. The van der Waals surface area contributed by atoms with Crippen molar-refractivity contribution in [3.05, 3.63) is 0 Å². The Morgan fingerprint density at radius 3 is 2.81 bits per heavy atom. The van der Waals surface area contributed by atoms with Crippen LogP contribution in [0.3, 0.4) is 0 Å². The van der Waals surface area contributed by atoms with Crippen molar-refractivity contribution in [3.63, 3.8) is 0 Å². The summed E-state index contributed by atoms with van der Waals surface area (Å²) < 4.78 is 0. The molecular formula is C14H22N2O4S. The van der Waals surface area contributed by atoms with Crippen molar-refractivity contribution in [2.45, 2.75) is 43.7 Å². The fourth-order valence-corrected chi connectivity index (χ4v) is 4.90. The third-order valence-electron chi connectivity index (χ3n) is 5.11. The molecule has 1 aliphatic carbocycles. The molecule has 2 amide bonds. The van der Waals surface area contributed by atoms with Crippen LogP contribution in [0, 0.1) is 5.92 Å². The molecule has 0 aromatic heterocycles. The number of fused-ring (bicyclic) bond motifs is 1. The zero-order valence-electron chi connectivity index (χ0n) is 12.0. The van der Waals surface area contributed by atoms with E-state index in [-0.39, 0.29) is 11.9 Å². The molecule has 21 heavy (non-hydrogen) atoms. The number of likely N-dealkylation sites (tertiary alicyclic amines) is 1. The van der Waals surface area contributed by atoms with E-state index in [1.54, 1.807) is 4.90 Å². The van der Waals surface area contributed by atoms with E-state index in [0.29, 0.717) is 31.1 Å². The van der Waals surface area contributed by atoms with Crippen LogP contribution < -0.4 is 0 Å². The maximum atomic E-state index is 12.6. The topological polar surface area (TPSA) is 81.1 Å². The van der Waals surface area contributed by atoms with Gasteiger partial charge in [-0.2, -0.15) is 0 Å². The number of thioether (sulfide) groups is 1. The van der Waals surface area contributed by atoms with Gasteiger partial charge in [0.1, 0.15) is 6.04 Å². The molecule has 0 aromatic rings. The first-order valence-electron chi connectivity index (χ1n) is 7.60. The highest BCUT2D eigenvalue weighted by Gasteiger charge is 2.45. The van der Waals surface area contributed by atoms with E-state index in [1.807, 2.05) is 0 Å². The fraction of sp³-hybridized carbons (Fsp3) is 0.857. The molecule has 3 aliphatic rings. The van der Waals surface area contributed by atoms with Crippen LogP contribution in [0.5, 0.6) is 0 Å². The van der Waals surface area contributed by atoms with Crippen LogP contribution in [0.25, 0.3) is 0 Å². The molecule has 2 saturated heterocycles. The van der Waals surface area contributed by atoms with E-state index < -0.39 is 17.6 Å². The summed E-state index contributed by atoms with van der Waals surface area (Å²) in [5.41, 5.74) is -0.610. The van der Waals surface area contributed by atoms with Crippen LogP contribution >= 0.6 is 11.8 Å². The summed E-state index contributed by atoms with van der Waals surface area (Å²) in [4.78, 5) is 27.0. The lowest BCUT2D eigenvalue weighted by Gasteiger charge is -2.48. The van der Waals surface area contributed by atoms with Gasteiger partial charge >= 0.3 is 12.0 Å². The Kier molecular flexibility index (Phi) is 4.05. The maximum absolute atomic E-state index is 12.6. The number of carboxylic acid groups (broad SMARTS) is 1. The molecule has 0 radical (unpaired) electrons. The zero-order valence-corrected chi connectivity index (χ0v) is 12.8. The van der Waals surface area contributed by atoms with Crippen LogP contribution in [0.1, 0.15) is 32.1 Å². The van der Waals surface area contributed by atoms with Crippen LogP contribution in [0.2, 0.25) is 0 Å². The summed E-state index contributed by atoms with van der Waals surface area (Å²) in [6.45, 7) is 1.09. The molecule has 0 bridgehead atoms. The highest BCUT2D eigenvalue weighted by atomic mass is 32.2. The summed E-state index contributed by atoms with van der Waals surface area (Å²) in [6.07, 6.45) is 4.56. The molecule has 2 aliphatic heterocycles. The normalized spacial score (nSPS) is 36.4. The maximum Gasteiger partial charge on any atom is 0.327 e. The first kappa shape index (κ1) is 15.0. The minimum absolute atomic E-state index is 0.141. The van der Waals surface area contributed by atoms with Gasteiger partial charge in [0, 0.05) is 24.8 Å². The third kappa shape index (κ3) is 2.73. The van der Waals surface area contributed by atoms with Crippen LogP contribution in [0.4, 0.5) is 4.79 Å². The third-order valence-corrected chi connectivity index (χ3v) is 6.12. The van der Waals surface area contributed by atoms with E-state index >= 15 is 0 Å². The number of carboxylic acids is 1. The van der Waals surface area contributed by atoms with Gasteiger partial charge in [-0.15, -0.1) is 11.8 Å². The Hall–Kier alpha value is -0.950. The summed E-state index contributed by atoms with van der Waals surface area (Å²) in [5.74, 6) is 0.116. The Bertz CT molecular complexity index is 447. The standard InChI is InChI=1S/C14H22N2O4S/c17-12(18)11-8-21-9-16(11)13(19)15-6-5-14(20)4-2-1-3-10(14)7-15/h10-11,20H,1-9H2,(H,17,18). The van der Waals surface area contributed by atoms with E-state index in [9.17, 15) is 19.8 Å².